The summed E-state index contributed by atoms with van der Waals surface area (Å²) in [4.78, 5) is 42.1. The average Bonchev–Trinajstić information content (AvgIpc) is 2.83. The van der Waals surface area contributed by atoms with Gasteiger partial charge >= 0.3 is 6.03 Å². The number of anilines is 3. The highest BCUT2D eigenvalue weighted by Gasteiger charge is 2.39. The SMILES string of the molecule is CCNC(=O)c1ncc2c(n1)N(C(=O)Nc1ccc(OC[C@@H](O)CO)cn1)C1CCCN2C1. The van der Waals surface area contributed by atoms with Gasteiger partial charge in [0.25, 0.3) is 5.91 Å². The van der Waals surface area contributed by atoms with E-state index in [1.165, 1.54) is 6.20 Å². The fourth-order valence-corrected chi connectivity index (χ4v) is 3.89. The highest BCUT2D eigenvalue weighted by Crippen LogP contribution is 2.37. The van der Waals surface area contributed by atoms with E-state index in [1.807, 2.05) is 6.92 Å². The van der Waals surface area contributed by atoms with E-state index in [2.05, 4.69) is 30.5 Å². The van der Waals surface area contributed by atoms with Gasteiger partial charge in [0.1, 0.15) is 24.3 Å². The number of nitrogens with zero attached hydrogens (tertiary/aromatic N) is 5. The number of aliphatic hydroxyl groups is 2. The first kappa shape index (κ1) is 22.7. The predicted octanol–water partition coefficient (Wildman–Crippen LogP) is 0.374. The van der Waals surface area contributed by atoms with Crippen LogP contribution in [0.1, 0.15) is 30.4 Å². The molecule has 12 heteroatoms. The number of piperidine rings is 1. The second-order valence-electron chi connectivity index (χ2n) is 7.83. The lowest BCUT2D eigenvalue weighted by molar-refractivity contribution is 0.0535. The summed E-state index contributed by atoms with van der Waals surface area (Å²) in [6.07, 6.45) is 3.78. The molecule has 4 rings (SSSR count). The van der Waals surface area contributed by atoms with E-state index in [0.29, 0.717) is 36.2 Å². The van der Waals surface area contributed by atoms with E-state index >= 15 is 0 Å². The highest BCUT2D eigenvalue weighted by atomic mass is 16.5. The Morgan fingerprint density at radius 1 is 1.30 bits per heavy atom. The lowest BCUT2D eigenvalue weighted by Gasteiger charge is -2.45. The zero-order valence-electron chi connectivity index (χ0n) is 18.3. The van der Waals surface area contributed by atoms with Gasteiger partial charge in [-0.15, -0.1) is 0 Å². The Hall–Kier alpha value is -3.51. The Labute approximate surface area is 190 Å². The number of carbonyl (C=O) groups is 2. The first-order valence-corrected chi connectivity index (χ1v) is 10.9. The Bertz CT molecular complexity index is 1000. The van der Waals surface area contributed by atoms with Crippen LogP contribution >= 0.6 is 0 Å². The molecule has 0 saturated carbocycles. The third kappa shape index (κ3) is 4.96. The largest absolute Gasteiger partial charge is 0.489 e. The topological polar surface area (TPSA) is 153 Å². The van der Waals surface area contributed by atoms with Gasteiger partial charge in [-0.05, 0) is 31.9 Å². The van der Waals surface area contributed by atoms with Gasteiger partial charge in [0.05, 0.1) is 30.7 Å². The van der Waals surface area contributed by atoms with Crippen LogP contribution in [0.4, 0.5) is 22.1 Å². The first-order valence-electron chi connectivity index (χ1n) is 10.9. The number of aromatic nitrogens is 3. The Kier molecular flexibility index (Phi) is 6.84. The van der Waals surface area contributed by atoms with Crippen molar-refractivity contribution in [3.63, 3.8) is 0 Å². The van der Waals surface area contributed by atoms with Crippen LogP contribution in [-0.4, -0.2) is 82.1 Å². The summed E-state index contributed by atoms with van der Waals surface area (Å²) in [6, 6.07) is 2.69. The minimum absolute atomic E-state index is 0.0132. The minimum Gasteiger partial charge on any atom is -0.489 e. The van der Waals surface area contributed by atoms with E-state index < -0.39 is 24.6 Å². The Morgan fingerprint density at radius 2 is 2.15 bits per heavy atom. The molecule has 176 valence electrons. The maximum atomic E-state index is 13.3. The molecule has 0 aromatic carbocycles. The molecule has 2 aliphatic rings. The van der Waals surface area contributed by atoms with Gasteiger partial charge in [-0.3, -0.25) is 15.0 Å². The molecule has 0 aliphatic carbocycles. The zero-order chi connectivity index (χ0) is 23.4. The number of hydrogen-bond donors (Lipinski definition) is 4. The summed E-state index contributed by atoms with van der Waals surface area (Å²) in [5, 5.41) is 23.7. The standard InChI is InChI=1S/C21H27N7O5/c1-2-22-20(31)18-24-9-16-19(26-18)28(13-4-3-7-27(16)10-13)21(32)25-17-6-5-15(8-23-17)33-12-14(30)11-29/h5-6,8-9,13-14,29-30H,2-4,7,10-12H2,1H3,(H,22,31)(H,23,25,32)/t13?,14-/m0/s1. The summed E-state index contributed by atoms with van der Waals surface area (Å²) in [5.74, 6) is 0.728. The summed E-state index contributed by atoms with van der Waals surface area (Å²) < 4.78 is 5.33. The molecule has 2 bridgehead atoms. The highest BCUT2D eigenvalue weighted by molar-refractivity contribution is 6.04. The summed E-state index contributed by atoms with van der Waals surface area (Å²) in [5.41, 5.74) is 0.716. The van der Waals surface area contributed by atoms with Crippen molar-refractivity contribution in [2.24, 2.45) is 0 Å². The van der Waals surface area contributed by atoms with Crippen molar-refractivity contribution < 1.29 is 24.5 Å². The molecule has 0 spiro atoms. The van der Waals surface area contributed by atoms with Crippen LogP contribution in [0.2, 0.25) is 0 Å². The fourth-order valence-electron chi connectivity index (χ4n) is 3.89. The second kappa shape index (κ2) is 9.96. The van der Waals surface area contributed by atoms with Gasteiger partial charge in [0.15, 0.2) is 5.82 Å². The number of amides is 3. The molecular weight excluding hydrogens is 430 g/mol. The first-order chi connectivity index (χ1) is 16.0. The number of rotatable bonds is 7. The lowest BCUT2D eigenvalue weighted by atomic mass is 10.0. The number of urea groups is 1. The molecule has 3 amide bonds. The molecule has 1 fully saturated rings. The number of carbonyl (C=O) groups excluding carboxylic acids is 2. The van der Waals surface area contributed by atoms with Crippen LogP contribution in [-0.2, 0) is 0 Å². The van der Waals surface area contributed by atoms with Crippen LogP contribution in [0.3, 0.4) is 0 Å². The maximum absolute atomic E-state index is 13.3. The zero-order valence-corrected chi connectivity index (χ0v) is 18.3. The third-order valence-electron chi connectivity index (χ3n) is 5.46. The van der Waals surface area contributed by atoms with Crippen molar-refractivity contribution in [1.29, 1.82) is 0 Å². The van der Waals surface area contributed by atoms with Gasteiger partial charge < -0.3 is 25.2 Å². The predicted molar refractivity (Wildman–Crippen MR) is 120 cm³/mol. The van der Waals surface area contributed by atoms with Gasteiger partial charge in [-0.25, -0.2) is 19.7 Å². The van der Waals surface area contributed by atoms with Gasteiger partial charge in [0.2, 0.25) is 5.82 Å². The molecule has 4 heterocycles. The van der Waals surface area contributed by atoms with Crippen molar-refractivity contribution in [2.75, 3.05) is 48.0 Å². The number of pyridine rings is 1. The molecule has 2 aromatic rings. The van der Waals surface area contributed by atoms with Gasteiger partial charge in [-0.1, -0.05) is 0 Å². The van der Waals surface area contributed by atoms with Crippen molar-refractivity contribution in [3.8, 4) is 5.75 Å². The van der Waals surface area contributed by atoms with E-state index in [9.17, 15) is 14.7 Å². The van der Waals surface area contributed by atoms with E-state index in [-0.39, 0.29) is 18.5 Å². The molecule has 2 atom stereocenters. The van der Waals surface area contributed by atoms with Gasteiger partial charge in [-0.2, -0.15) is 0 Å². The van der Waals surface area contributed by atoms with E-state index in [1.54, 1.807) is 23.2 Å². The number of nitrogens with one attached hydrogen (secondary N) is 2. The second-order valence-corrected chi connectivity index (χ2v) is 7.83. The average molecular weight is 457 g/mol. The smallest absolute Gasteiger partial charge is 0.329 e. The molecule has 4 N–H and O–H groups in total. The Morgan fingerprint density at radius 3 is 2.88 bits per heavy atom. The van der Waals surface area contributed by atoms with E-state index in [0.717, 1.165) is 19.4 Å². The molecule has 0 radical (unpaired) electrons. The van der Waals surface area contributed by atoms with Crippen LogP contribution in [0.5, 0.6) is 5.75 Å². The molecule has 1 unspecified atom stereocenters. The van der Waals surface area contributed by atoms with Gasteiger partial charge in [0, 0.05) is 19.6 Å². The monoisotopic (exact) mass is 457 g/mol. The molecule has 2 aromatic heterocycles. The number of hydrogen-bond acceptors (Lipinski definition) is 9. The van der Waals surface area contributed by atoms with Crippen molar-refractivity contribution in [3.05, 3.63) is 30.4 Å². The van der Waals surface area contributed by atoms with Crippen LogP contribution < -0.4 is 25.2 Å². The maximum Gasteiger partial charge on any atom is 0.329 e. The lowest BCUT2D eigenvalue weighted by Crippen LogP contribution is -2.56. The number of ether oxygens (including phenoxy) is 1. The fraction of sp³-hybridized carbons (Fsp3) is 0.476. The quantitative estimate of drug-likeness (QED) is 0.462. The molecule has 2 aliphatic heterocycles. The normalized spacial score (nSPS) is 17.7. The van der Waals surface area contributed by atoms with Crippen molar-refractivity contribution in [1.82, 2.24) is 20.3 Å². The van der Waals surface area contributed by atoms with Crippen LogP contribution in [0.15, 0.2) is 24.5 Å². The third-order valence-corrected chi connectivity index (χ3v) is 5.46. The van der Waals surface area contributed by atoms with Crippen LogP contribution in [0, 0.1) is 0 Å². The van der Waals surface area contributed by atoms with E-state index in [4.69, 9.17) is 9.84 Å². The van der Waals surface area contributed by atoms with Crippen molar-refractivity contribution >= 4 is 29.3 Å². The van der Waals surface area contributed by atoms with Crippen LogP contribution in [0.25, 0.3) is 0 Å². The summed E-state index contributed by atoms with van der Waals surface area (Å²) in [7, 11) is 0. The number of fused-ring (bicyclic) bond motifs is 4. The summed E-state index contributed by atoms with van der Waals surface area (Å²) >= 11 is 0. The minimum atomic E-state index is -0.982. The molecule has 1 saturated heterocycles. The summed E-state index contributed by atoms with van der Waals surface area (Å²) in [6.45, 7) is 3.30. The molecular formula is C21H27N7O5. The molecule has 33 heavy (non-hydrogen) atoms. The number of aliphatic hydroxyl groups excluding tert-OH is 2. The Balaban J connectivity index is 1.54. The molecule has 12 nitrogen and oxygen atoms in total. The van der Waals surface area contributed by atoms with Crippen molar-refractivity contribution in [2.45, 2.75) is 31.9 Å².